The molecule has 0 N–H and O–H groups in total. The molecule has 0 fully saturated rings. The first-order chi connectivity index (χ1) is 9.63. The molecule has 0 atom stereocenters. The van der Waals surface area contributed by atoms with Crippen molar-refractivity contribution in [1.82, 2.24) is 0 Å². The summed E-state index contributed by atoms with van der Waals surface area (Å²) in [6, 6.07) is 4.38. The van der Waals surface area contributed by atoms with Crippen LogP contribution in [0.4, 0.5) is 4.39 Å². The van der Waals surface area contributed by atoms with E-state index in [9.17, 15) is 9.18 Å². The lowest BCUT2D eigenvalue weighted by atomic mass is 10.0. The van der Waals surface area contributed by atoms with Crippen LogP contribution in [-0.4, -0.2) is 5.78 Å². The molecule has 1 nitrogen and oxygen atoms in total. The van der Waals surface area contributed by atoms with Crippen molar-refractivity contribution in [1.29, 1.82) is 0 Å². The van der Waals surface area contributed by atoms with E-state index in [-0.39, 0.29) is 11.6 Å². The van der Waals surface area contributed by atoms with Gasteiger partial charge in [0, 0.05) is 16.5 Å². The van der Waals surface area contributed by atoms with Gasteiger partial charge in [-0.3, -0.25) is 4.79 Å². The fraction of sp³-hybridized carbons (Fsp3) is 0.588. The maximum absolute atomic E-state index is 13.2. The molecule has 1 aromatic rings. The van der Waals surface area contributed by atoms with E-state index in [1.165, 1.54) is 50.7 Å². The molecule has 0 spiro atoms. The molecule has 0 amide bonds. The maximum atomic E-state index is 13.2. The highest BCUT2D eigenvalue weighted by Crippen LogP contribution is 2.17. The van der Waals surface area contributed by atoms with Crippen LogP contribution in [0.2, 0.25) is 0 Å². The summed E-state index contributed by atoms with van der Waals surface area (Å²) in [7, 11) is 0. The number of ketones is 1. The number of unbranched alkanes of at least 4 members (excludes halogenated alkanes) is 7. The van der Waals surface area contributed by atoms with Crippen molar-refractivity contribution in [2.45, 2.75) is 64.7 Å². The molecular formula is C17H24BrFO. The van der Waals surface area contributed by atoms with Crippen LogP contribution < -0.4 is 0 Å². The van der Waals surface area contributed by atoms with Crippen molar-refractivity contribution in [2.24, 2.45) is 0 Å². The third-order valence-corrected chi connectivity index (χ3v) is 3.90. The van der Waals surface area contributed by atoms with Crippen molar-refractivity contribution in [3.63, 3.8) is 0 Å². The van der Waals surface area contributed by atoms with E-state index in [2.05, 4.69) is 22.9 Å². The van der Waals surface area contributed by atoms with Crippen LogP contribution in [0, 0.1) is 5.82 Å². The van der Waals surface area contributed by atoms with Crippen LogP contribution in [-0.2, 0) is 0 Å². The van der Waals surface area contributed by atoms with Crippen LogP contribution in [0.3, 0.4) is 0 Å². The highest BCUT2D eigenvalue weighted by molar-refractivity contribution is 9.10. The second kappa shape index (κ2) is 10.1. The Balaban J connectivity index is 2.17. The maximum Gasteiger partial charge on any atom is 0.163 e. The molecule has 0 saturated carbocycles. The van der Waals surface area contributed by atoms with Crippen molar-refractivity contribution >= 4 is 21.7 Å². The highest BCUT2D eigenvalue weighted by atomic mass is 79.9. The molecule has 20 heavy (non-hydrogen) atoms. The van der Waals surface area contributed by atoms with E-state index in [0.717, 1.165) is 12.8 Å². The van der Waals surface area contributed by atoms with Gasteiger partial charge in [-0.15, -0.1) is 0 Å². The number of hydrogen-bond donors (Lipinski definition) is 0. The van der Waals surface area contributed by atoms with Gasteiger partial charge in [0.05, 0.1) is 0 Å². The van der Waals surface area contributed by atoms with Crippen molar-refractivity contribution in [3.05, 3.63) is 34.1 Å². The number of halogens is 2. The molecule has 1 aromatic carbocycles. The lowest BCUT2D eigenvalue weighted by Gasteiger charge is -2.03. The summed E-state index contributed by atoms with van der Waals surface area (Å²) >= 11 is 3.21. The Kier molecular flexibility index (Phi) is 8.75. The fourth-order valence-electron chi connectivity index (χ4n) is 2.28. The molecule has 0 heterocycles. The molecule has 0 unspecified atom stereocenters. The SMILES string of the molecule is CCCCCCCCCCC(=O)c1cc(F)cc(Br)c1. The second-order valence-electron chi connectivity index (χ2n) is 5.31. The summed E-state index contributed by atoms with van der Waals surface area (Å²) < 4.78 is 13.8. The summed E-state index contributed by atoms with van der Waals surface area (Å²) in [5.74, 6) is -0.324. The van der Waals surface area contributed by atoms with Crippen LogP contribution in [0.5, 0.6) is 0 Å². The van der Waals surface area contributed by atoms with Gasteiger partial charge in [-0.05, 0) is 24.6 Å². The smallest absolute Gasteiger partial charge is 0.163 e. The summed E-state index contributed by atoms with van der Waals surface area (Å²) in [4.78, 5) is 11.9. The summed E-state index contributed by atoms with van der Waals surface area (Å²) in [6.45, 7) is 2.22. The molecule has 0 radical (unpaired) electrons. The Labute approximate surface area is 130 Å². The first-order valence-corrected chi connectivity index (χ1v) is 8.42. The van der Waals surface area contributed by atoms with Gasteiger partial charge in [0.15, 0.2) is 5.78 Å². The van der Waals surface area contributed by atoms with Crippen LogP contribution in [0.25, 0.3) is 0 Å². The third-order valence-electron chi connectivity index (χ3n) is 3.44. The molecule has 0 saturated heterocycles. The van der Waals surface area contributed by atoms with Gasteiger partial charge in [0.25, 0.3) is 0 Å². The number of carbonyl (C=O) groups is 1. The van der Waals surface area contributed by atoms with Gasteiger partial charge in [0.2, 0.25) is 0 Å². The van der Waals surface area contributed by atoms with Crippen LogP contribution in [0.1, 0.15) is 75.1 Å². The minimum Gasteiger partial charge on any atom is -0.294 e. The average Bonchev–Trinajstić information content (AvgIpc) is 2.40. The molecule has 0 bridgehead atoms. The Morgan fingerprint density at radius 1 is 1.00 bits per heavy atom. The lowest BCUT2D eigenvalue weighted by Crippen LogP contribution is -1.99. The minimum atomic E-state index is -0.362. The van der Waals surface area contributed by atoms with Gasteiger partial charge in [-0.2, -0.15) is 0 Å². The normalized spacial score (nSPS) is 10.8. The van der Waals surface area contributed by atoms with E-state index < -0.39 is 0 Å². The third kappa shape index (κ3) is 7.18. The fourth-order valence-corrected chi connectivity index (χ4v) is 2.74. The highest BCUT2D eigenvalue weighted by Gasteiger charge is 2.08. The van der Waals surface area contributed by atoms with E-state index in [4.69, 9.17) is 0 Å². The topological polar surface area (TPSA) is 17.1 Å². The van der Waals surface area contributed by atoms with Crippen molar-refractivity contribution < 1.29 is 9.18 Å². The summed E-state index contributed by atoms with van der Waals surface area (Å²) in [5, 5.41) is 0. The van der Waals surface area contributed by atoms with Crippen molar-refractivity contribution in [2.75, 3.05) is 0 Å². The Bertz CT molecular complexity index is 397. The molecule has 0 aliphatic heterocycles. The predicted octanol–water partition coefficient (Wildman–Crippen LogP) is 6.30. The molecule has 0 aliphatic carbocycles. The van der Waals surface area contributed by atoms with Crippen LogP contribution >= 0.6 is 15.9 Å². The second-order valence-corrected chi connectivity index (χ2v) is 6.22. The molecular weight excluding hydrogens is 319 g/mol. The van der Waals surface area contributed by atoms with Crippen LogP contribution in [0.15, 0.2) is 22.7 Å². The number of carbonyl (C=O) groups excluding carboxylic acids is 1. The van der Waals surface area contributed by atoms with E-state index in [1.54, 1.807) is 6.07 Å². The summed E-state index contributed by atoms with van der Waals surface area (Å²) in [6.07, 6.45) is 10.2. The van der Waals surface area contributed by atoms with E-state index >= 15 is 0 Å². The molecule has 0 aromatic heterocycles. The number of rotatable bonds is 10. The standard InChI is InChI=1S/C17H24BrFO/c1-2-3-4-5-6-7-8-9-10-17(20)14-11-15(18)13-16(19)12-14/h11-13H,2-10H2,1H3. The Hall–Kier alpha value is -0.700. The van der Waals surface area contributed by atoms with Gasteiger partial charge in [-0.1, -0.05) is 67.8 Å². The zero-order chi connectivity index (χ0) is 14.8. The van der Waals surface area contributed by atoms with Gasteiger partial charge in [0.1, 0.15) is 5.82 Å². The quantitative estimate of drug-likeness (QED) is 0.360. The number of benzene rings is 1. The van der Waals surface area contributed by atoms with Gasteiger partial charge in [-0.25, -0.2) is 4.39 Å². The zero-order valence-corrected chi connectivity index (χ0v) is 13.8. The van der Waals surface area contributed by atoms with E-state index in [0.29, 0.717) is 16.5 Å². The molecule has 3 heteroatoms. The lowest BCUT2D eigenvalue weighted by molar-refractivity contribution is 0.0978. The van der Waals surface area contributed by atoms with E-state index in [1.807, 2.05) is 0 Å². The van der Waals surface area contributed by atoms with Crippen molar-refractivity contribution in [3.8, 4) is 0 Å². The van der Waals surface area contributed by atoms with Gasteiger partial charge >= 0.3 is 0 Å². The first kappa shape index (κ1) is 17.4. The monoisotopic (exact) mass is 342 g/mol. The first-order valence-electron chi connectivity index (χ1n) is 7.62. The minimum absolute atomic E-state index is 0.0381. The summed E-state index contributed by atoms with van der Waals surface area (Å²) in [5.41, 5.74) is 0.472. The average molecular weight is 343 g/mol. The Morgan fingerprint density at radius 3 is 2.20 bits per heavy atom. The molecule has 112 valence electrons. The zero-order valence-electron chi connectivity index (χ0n) is 12.3. The largest absolute Gasteiger partial charge is 0.294 e. The number of Topliss-reactive ketones (excluding diaryl/α,β-unsaturated/α-hetero) is 1. The number of hydrogen-bond acceptors (Lipinski definition) is 1. The molecule has 1 rings (SSSR count). The Morgan fingerprint density at radius 2 is 1.60 bits per heavy atom. The predicted molar refractivity (Wildman–Crippen MR) is 85.7 cm³/mol. The van der Waals surface area contributed by atoms with Gasteiger partial charge < -0.3 is 0 Å². The molecule has 0 aliphatic rings.